The van der Waals surface area contributed by atoms with Gasteiger partial charge in [0.25, 0.3) is 0 Å². The Morgan fingerprint density at radius 1 is 1.24 bits per heavy atom. The molecule has 0 aromatic heterocycles. The van der Waals surface area contributed by atoms with Crippen molar-refractivity contribution in [3.8, 4) is 0 Å². The summed E-state index contributed by atoms with van der Waals surface area (Å²) in [6.07, 6.45) is 4.87. The van der Waals surface area contributed by atoms with E-state index in [2.05, 4.69) is 37.3 Å². The Kier molecular flexibility index (Phi) is 3.91. The molecule has 0 spiro atoms. The van der Waals surface area contributed by atoms with Crippen LogP contribution in [-0.4, -0.2) is 24.7 Å². The number of methoxy groups -OCH3 is 1. The van der Waals surface area contributed by atoms with Gasteiger partial charge in [-0.05, 0) is 41.7 Å². The monoisotopic (exact) mass is 303 g/mol. The minimum Gasteiger partial charge on any atom is -0.380 e. The molecule has 0 aliphatic heterocycles. The highest BCUT2D eigenvalue weighted by Gasteiger charge is 2.66. The van der Waals surface area contributed by atoms with Gasteiger partial charge in [0.05, 0.1) is 11.4 Å². The molecule has 2 nitrogen and oxygen atoms in total. The molecule has 114 valence electrons. The number of ether oxygens (including phenoxy) is 1. The van der Waals surface area contributed by atoms with Gasteiger partial charge in [-0.2, -0.15) is 0 Å². The Labute approximate surface area is 132 Å². The van der Waals surface area contributed by atoms with Gasteiger partial charge in [-0.3, -0.25) is 0 Å². The van der Waals surface area contributed by atoms with Crippen molar-refractivity contribution in [2.45, 2.75) is 45.0 Å². The Hall–Kier alpha value is -0.800. The van der Waals surface area contributed by atoms with Gasteiger partial charge in [0.15, 0.2) is 0 Å². The summed E-state index contributed by atoms with van der Waals surface area (Å²) in [5, 5.41) is 0.476. The second-order valence-electron chi connectivity index (χ2n) is 7.16. The third kappa shape index (κ3) is 2.25. The summed E-state index contributed by atoms with van der Waals surface area (Å²) in [4.78, 5) is 0. The lowest BCUT2D eigenvalue weighted by molar-refractivity contribution is -0.0176. The maximum absolute atomic E-state index is 5.90. The van der Waals surface area contributed by atoms with Gasteiger partial charge in [-0.1, -0.05) is 51.1 Å². The first-order valence-electron chi connectivity index (χ1n) is 7.78. The van der Waals surface area contributed by atoms with Crippen molar-refractivity contribution in [2.24, 2.45) is 21.1 Å². The first-order valence-corrected chi connectivity index (χ1v) is 8.61. The molecule has 0 N–H and O–H groups in total. The summed E-state index contributed by atoms with van der Waals surface area (Å²) in [6, 6.07) is 10.3. The van der Waals surface area contributed by atoms with Crippen molar-refractivity contribution in [1.29, 1.82) is 0 Å². The molecule has 2 saturated carbocycles. The van der Waals surface area contributed by atoms with Crippen molar-refractivity contribution >= 4 is 18.2 Å². The van der Waals surface area contributed by atoms with Crippen LogP contribution in [0.4, 0.5) is 0 Å². The number of benzene rings is 1. The molecular weight excluding hydrogens is 278 g/mol. The van der Waals surface area contributed by atoms with E-state index in [9.17, 15) is 0 Å². The molecule has 1 aromatic carbocycles. The Morgan fingerprint density at radius 2 is 1.95 bits per heavy atom. The van der Waals surface area contributed by atoms with Crippen molar-refractivity contribution < 1.29 is 4.74 Å². The Bertz CT molecular complexity index is 527. The third-order valence-corrected chi connectivity index (χ3v) is 7.18. The van der Waals surface area contributed by atoms with E-state index in [0.29, 0.717) is 22.7 Å². The molecule has 2 aliphatic rings. The second kappa shape index (κ2) is 5.44. The predicted octanol–water partition coefficient (Wildman–Crippen LogP) is 4.59. The molecule has 3 heteroatoms. The van der Waals surface area contributed by atoms with Gasteiger partial charge in [-0.15, -0.1) is 0 Å². The zero-order valence-corrected chi connectivity index (χ0v) is 14.2. The van der Waals surface area contributed by atoms with E-state index in [1.165, 1.54) is 12.8 Å². The number of fused-ring (bicyclic) bond motifs is 2. The number of hydrogen-bond donors (Lipinski definition) is 0. The fourth-order valence-electron chi connectivity index (χ4n) is 4.44. The van der Waals surface area contributed by atoms with E-state index in [1.807, 2.05) is 31.5 Å². The first kappa shape index (κ1) is 15.1. The molecule has 2 bridgehead atoms. The second-order valence-corrected chi connectivity index (χ2v) is 8.12. The van der Waals surface area contributed by atoms with Crippen molar-refractivity contribution in [3.63, 3.8) is 0 Å². The standard InChI is InChI=1S/C18H25NOS/c1-17(2)14-10-11-18(17,3)16(20-4)15(14)21-19-12-13-8-6-5-7-9-13/h5-9,12,14-16H,10-11H2,1-4H3/b19-12+. The summed E-state index contributed by atoms with van der Waals surface area (Å²) in [5.74, 6) is 0.699. The quantitative estimate of drug-likeness (QED) is 0.599. The van der Waals surface area contributed by atoms with Crippen LogP contribution in [0.3, 0.4) is 0 Å². The van der Waals surface area contributed by atoms with E-state index in [1.54, 1.807) is 11.9 Å². The average molecular weight is 303 g/mol. The van der Waals surface area contributed by atoms with Crippen LogP contribution in [0.25, 0.3) is 0 Å². The minimum atomic E-state index is 0.284. The van der Waals surface area contributed by atoms with Crippen LogP contribution in [0.5, 0.6) is 0 Å². The Morgan fingerprint density at radius 3 is 2.62 bits per heavy atom. The Balaban J connectivity index is 1.76. The molecule has 0 heterocycles. The fraction of sp³-hybridized carbons (Fsp3) is 0.611. The average Bonchev–Trinajstić information content (AvgIpc) is 2.79. The molecule has 0 radical (unpaired) electrons. The van der Waals surface area contributed by atoms with Crippen LogP contribution < -0.4 is 0 Å². The van der Waals surface area contributed by atoms with Gasteiger partial charge < -0.3 is 4.74 Å². The molecule has 2 fully saturated rings. The molecule has 4 atom stereocenters. The maximum atomic E-state index is 5.90. The van der Waals surface area contributed by atoms with Crippen LogP contribution in [0.1, 0.15) is 39.2 Å². The van der Waals surface area contributed by atoms with Crippen molar-refractivity contribution in [1.82, 2.24) is 0 Å². The predicted molar refractivity (Wildman–Crippen MR) is 90.8 cm³/mol. The third-order valence-electron chi connectivity index (χ3n) is 6.13. The molecule has 3 rings (SSSR count). The number of rotatable bonds is 4. The summed E-state index contributed by atoms with van der Waals surface area (Å²) in [7, 11) is 1.86. The van der Waals surface area contributed by atoms with Gasteiger partial charge in [0, 0.05) is 18.7 Å². The number of hydrogen-bond acceptors (Lipinski definition) is 3. The molecule has 2 aliphatic carbocycles. The van der Waals surface area contributed by atoms with Crippen molar-refractivity contribution in [3.05, 3.63) is 35.9 Å². The van der Waals surface area contributed by atoms with E-state index in [0.717, 1.165) is 5.56 Å². The van der Waals surface area contributed by atoms with Gasteiger partial charge in [0.2, 0.25) is 0 Å². The fourth-order valence-corrected chi connectivity index (χ4v) is 5.91. The van der Waals surface area contributed by atoms with E-state index in [4.69, 9.17) is 4.74 Å². The van der Waals surface area contributed by atoms with Crippen LogP contribution in [0, 0.1) is 16.7 Å². The molecule has 4 unspecified atom stereocenters. The molecule has 21 heavy (non-hydrogen) atoms. The highest BCUT2D eigenvalue weighted by atomic mass is 32.2. The van der Waals surface area contributed by atoms with E-state index in [-0.39, 0.29) is 5.41 Å². The lowest BCUT2D eigenvalue weighted by atomic mass is 9.70. The van der Waals surface area contributed by atoms with Crippen LogP contribution in [0.2, 0.25) is 0 Å². The molecular formula is C18H25NOS. The maximum Gasteiger partial charge on any atom is 0.0769 e. The lowest BCUT2D eigenvalue weighted by Crippen LogP contribution is -2.39. The molecule has 0 amide bonds. The van der Waals surface area contributed by atoms with Crippen LogP contribution in [0.15, 0.2) is 34.7 Å². The zero-order valence-electron chi connectivity index (χ0n) is 13.4. The number of nitrogens with zero attached hydrogens (tertiary/aromatic N) is 1. The molecule has 0 saturated heterocycles. The smallest absolute Gasteiger partial charge is 0.0769 e. The van der Waals surface area contributed by atoms with Crippen LogP contribution >= 0.6 is 11.9 Å². The SMILES string of the molecule is COC1C(S/N=C/c2ccccc2)C2CCC1(C)C2(C)C. The van der Waals surface area contributed by atoms with Crippen LogP contribution in [-0.2, 0) is 4.74 Å². The van der Waals surface area contributed by atoms with Gasteiger partial charge >= 0.3 is 0 Å². The summed E-state index contributed by atoms with van der Waals surface area (Å²) >= 11 is 1.72. The lowest BCUT2D eigenvalue weighted by Gasteiger charge is -2.38. The summed E-state index contributed by atoms with van der Waals surface area (Å²) in [5.41, 5.74) is 1.78. The summed E-state index contributed by atoms with van der Waals surface area (Å²) in [6.45, 7) is 7.24. The first-order chi connectivity index (χ1) is 10.0. The highest BCUT2D eigenvalue weighted by molar-refractivity contribution is 7.98. The van der Waals surface area contributed by atoms with Gasteiger partial charge in [-0.25, -0.2) is 4.40 Å². The molecule has 1 aromatic rings. The topological polar surface area (TPSA) is 21.6 Å². The van der Waals surface area contributed by atoms with Crippen molar-refractivity contribution in [2.75, 3.05) is 7.11 Å². The largest absolute Gasteiger partial charge is 0.380 e. The minimum absolute atomic E-state index is 0.284. The normalized spacial score (nSPS) is 37.4. The van der Waals surface area contributed by atoms with Gasteiger partial charge in [0.1, 0.15) is 0 Å². The van der Waals surface area contributed by atoms with E-state index >= 15 is 0 Å². The summed E-state index contributed by atoms with van der Waals surface area (Å²) < 4.78 is 10.6. The zero-order chi connectivity index (χ0) is 15.1. The highest BCUT2D eigenvalue weighted by Crippen LogP contribution is 2.68. The van der Waals surface area contributed by atoms with E-state index < -0.39 is 0 Å².